The van der Waals surface area contributed by atoms with Crippen molar-refractivity contribution in [2.24, 2.45) is 0 Å². The first-order chi connectivity index (χ1) is 9.54. The van der Waals surface area contributed by atoms with Crippen LogP contribution >= 0.6 is 23.2 Å². The zero-order chi connectivity index (χ0) is 14.7. The Hall–Kier alpha value is -2.12. The summed E-state index contributed by atoms with van der Waals surface area (Å²) in [5, 5.41) is 17.1. The Labute approximate surface area is 124 Å². The molecule has 9 heteroatoms. The Kier molecular flexibility index (Phi) is 4.21. The number of nitro groups is 1. The van der Waals surface area contributed by atoms with E-state index in [9.17, 15) is 10.1 Å². The average molecular weight is 314 g/mol. The molecule has 1 aromatic heterocycles. The van der Waals surface area contributed by atoms with Crippen molar-refractivity contribution in [2.45, 2.75) is 0 Å². The molecule has 2 N–H and O–H groups in total. The van der Waals surface area contributed by atoms with E-state index in [1.807, 2.05) is 0 Å². The maximum atomic E-state index is 11.1. The van der Waals surface area contributed by atoms with E-state index >= 15 is 0 Å². The minimum Gasteiger partial charge on any atom is -0.367 e. The second kappa shape index (κ2) is 5.89. The van der Waals surface area contributed by atoms with Gasteiger partial charge in [-0.1, -0.05) is 29.3 Å². The molecule has 20 heavy (non-hydrogen) atoms. The second-order valence-electron chi connectivity index (χ2n) is 3.65. The monoisotopic (exact) mass is 313 g/mol. The number of halogens is 2. The van der Waals surface area contributed by atoms with Crippen molar-refractivity contribution in [1.29, 1.82) is 0 Å². The van der Waals surface area contributed by atoms with Crippen molar-refractivity contribution in [1.82, 2.24) is 9.97 Å². The van der Waals surface area contributed by atoms with Gasteiger partial charge in [-0.2, -0.15) is 0 Å². The highest BCUT2D eigenvalue weighted by molar-refractivity contribution is 6.43. The summed E-state index contributed by atoms with van der Waals surface area (Å²) in [4.78, 5) is 18.2. The Morgan fingerprint density at radius 3 is 2.60 bits per heavy atom. The van der Waals surface area contributed by atoms with E-state index in [4.69, 9.17) is 23.2 Å². The Morgan fingerprint density at radius 2 is 1.95 bits per heavy atom. The van der Waals surface area contributed by atoms with Crippen LogP contribution in [0.2, 0.25) is 10.0 Å². The number of anilines is 3. The minimum atomic E-state index is -0.577. The summed E-state index contributed by atoms with van der Waals surface area (Å²) in [6, 6.07) is 4.92. The van der Waals surface area contributed by atoms with Crippen LogP contribution in [0.4, 0.5) is 23.0 Å². The molecule has 0 amide bonds. The predicted octanol–water partition coefficient (Wildman–Crippen LogP) is 3.48. The van der Waals surface area contributed by atoms with Crippen LogP contribution in [0.3, 0.4) is 0 Å². The number of aromatic nitrogens is 2. The fourth-order valence-electron chi connectivity index (χ4n) is 1.55. The van der Waals surface area contributed by atoms with Crippen LogP contribution < -0.4 is 10.6 Å². The van der Waals surface area contributed by atoms with E-state index in [1.165, 1.54) is 13.4 Å². The number of nitrogens with zero attached hydrogens (tertiary/aromatic N) is 3. The van der Waals surface area contributed by atoms with Crippen LogP contribution in [0.15, 0.2) is 24.5 Å². The fourth-order valence-corrected chi connectivity index (χ4v) is 1.90. The van der Waals surface area contributed by atoms with Crippen molar-refractivity contribution in [3.05, 3.63) is 44.7 Å². The van der Waals surface area contributed by atoms with Gasteiger partial charge >= 0.3 is 5.69 Å². The molecule has 104 valence electrons. The quantitative estimate of drug-likeness (QED) is 0.663. The Bertz CT molecular complexity index is 665. The van der Waals surface area contributed by atoms with Crippen molar-refractivity contribution in [3.63, 3.8) is 0 Å². The zero-order valence-corrected chi connectivity index (χ0v) is 11.7. The summed E-state index contributed by atoms with van der Waals surface area (Å²) in [7, 11) is 1.53. The van der Waals surface area contributed by atoms with Gasteiger partial charge in [-0.05, 0) is 12.1 Å². The van der Waals surface area contributed by atoms with Gasteiger partial charge in [0, 0.05) is 7.05 Å². The summed E-state index contributed by atoms with van der Waals surface area (Å²) in [6.45, 7) is 0. The van der Waals surface area contributed by atoms with Crippen molar-refractivity contribution in [2.75, 3.05) is 17.7 Å². The highest BCUT2D eigenvalue weighted by atomic mass is 35.5. The maximum absolute atomic E-state index is 11.1. The van der Waals surface area contributed by atoms with Crippen LogP contribution in [0.1, 0.15) is 0 Å². The third-order valence-electron chi connectivity index (χ3n) is 2.45. The first-order valence-corrected chi connectivity index (χ1v) is 6.18. The SMILES string of the molecule is CNc1ncnc(Nc2cccc(Cl)c2Cl)c1[N+](=O)[O-]. The van der Waals surface area contributed by atoms with Crippen LogP contribution in [0.25, 0.3) is 0 Å². The molecule has 0 aliphatic rings. The average Bonchev–Trinajstić information content (AvgIpc) is 2.43. The van der Waals surface area contributed by atoms with Crippen molar-refractivity contribution >= 4 is 46.2 Å². The largest absolute Gasteiger partial charge is 0.367 e. The lowest BCUT2D eigenvalue weighted by atomic mass is 10.3. The molecular formula is C11H9Cl2N5O2. The smallest absolute Gasteiger partial charge is 0.353 e. The van der Waals surface area contributed by atoms with Gasteiger partial charge in [0.1, 0.15) is 6.33 Å². The molecule has 0 saturated heterocycles. The van der Waals surface area contributed by atoms with Crippen LogP contribution in [-0.4, -0.2) is 21.9 Å². The molecule has 0 aliphatic heterocycles. The number of hydrogen-bond acceptors (Lipinski definition) is 6. The zero-order valence-electron chi connectivity index (χ0n) is 10.2. The van der Waals surface area contributed by atoms with Gasteiger partial charge in [-0.15, -0.1) is 0 Å². The van der Waals surface area contributed by atoms with Gasteiger partial charge < -0.3 is 10.6 Å². The lowest BCUT2D eigenvalue weighted by molar-refractivity contribution is -0.383. The summed E-state index contributed by atoms with van der Waals surface area (Å²) >= 11 is 11.9. The van der Waals surface area contributed by atoms with Gasteiger partial charge in [-0.25, -0.2) is 9.97 Å². The summed E-state index contributed by atoms with van der Waals surface area (Å²) in [5.74, 6) is 0.129. The molecule has 0 saturated carbocycles. The van der Waals surface area contributed by atoms with Gasteiger partial charge in [-0.3, -0.25) is 10.1 Å². The fraction of sp³-hybridized carbons (Fsp3) is 0.0909. The molecule has 0 unspecified atom stereocenters. The molecule has 0 bridgehead atoms. The number of hydrogen-bond donors (Lipinski definition) is 2. The van der Waals surface area contributed by atoms with E-state index in [0.717, 1.165) is 0 Å². The van der Waals surface area contributed by atoms with Gasteiger partial charge in [0.2, 0.25) is 11.6 Å². The standard InChI is InChI=1S/C11H9Cl2N5O2/c1-14-10-9(18(19)20)11(16-5-15-10)17-7-4-2-3-6(12)8(7)13/h2-5H,1H3,(H2,14,15,16,17). The van der Waals surface area contributed by atoms with E-state index < -0.39 is 4.92 Å². The van der Waals surface area contributed by atoms with Crippen LogP contribution in [-0.2, 0) is 0 Å². The summed E-state index contributed by atoms with van der Waals surface area (Å²) in [6.07, 6.45) is 1.21. The van der Waals surface area contributed by atoms with Gasteiger partial charge in [0.25, 0.3) is 0 Å². The first kappa shape index (κ1) is 14.3. The Morgan fingerprint density at radius 1 is 1.25 bits per heavy atom. The third-order valence-corrected chi connectivity index (χ3v) is 3.27. The molecule has 0 aliphatic carbocycles. The van der Waals surface area contributed by atoms with E-state index in [-0.39, 0.29) is 22.3 Å². The molecular weight excluding hydrogens is 305 g/mol. The predicted molar refractivity (Wildman–Crippen MR) is 78.0 cm³/mol. The van der Waals surface area contributed by atoms with Crippen molar-refractivity contribution < 1.29 is 4.92 Å². The molecule has 0 spiro atoms. The molecule has 0 fully saturated rings. The van der Waals surface area contributed by atoms with E-state index in [1.54, 1.807) is 18.2 Å². The van der Waals surface area contributed by atoms with Gasteiger partial charge in [0.05, 0.1) is 20.7 Å². The lowest BCUT2D eigenvalue weighted by Gasteiger charge is -2.10. The number of nitrogens with one attached hydrogen (secondary N) is 2. The number of benzene rings is 1. The summed E-state index contributed by atoms with van der Waals surface area (Å²) < 4.78 is 0. The van der Waals surface area contributed by atoms with Crippen LogP contribution in [0.5, 0.6) is 0 Å². The second-order valence-corrected chi connectivity index (χ2v) is 4.44. The molecule has 0 atom stereocenters. The van der Waals surface area contributed by atoms with Gasteiger partial charge in [0.15, 0.2) is 0 Å². The lowest BCUT2D eigenvalue weighted by Crippen LogP contribution is -2.05. The van der Waals surface area contributed by atoms with Crippen molar-refractivity contribution in [3.8, 4) is 0 Å². The van der Waals surface area contributed by atoms with Crippen LogP contribution in [0, 0.1) is 10.1 Å². The minimum absolute atomic E-state index is 0.0264. The summed E-state index contributed by atoms with van der Waals surface area (Å²) in [5.41, 5.74) is 0.147. The molecule has 0 radical (unpaired) electrons. The molecule has 2 rings (SSSR count). The normalized spacial score (nSPS) is 10.2. The molecule has 7 nitrogen and oxygen atoms in total. The van der Waals surface area contributed by atoms with E-state index in [2.05, 4.69) is 20.6 Å². The highest BCUT2D eigenvalue weighted by Crippen LogP contribution is 2.35. The first-order valence-electron chi connectivity index (χ1n) is 5.42. The third kappa shape index (κ3) is 2.73. The molecule has 1 aromatic carbocycles. The Balaban J connectivity index is 2.48. The maximum Gasteiger partial charge on any atom is 0.353 e. The topological polar surface area (TPSA) is 93.0 Å². The number of rotatable bonds is 4. The molecule has 2 aromatic rings. The highest BCUT2D eigenvalue weighted by Gasteiger charge is 2.22. The van der Waals surface area contributed by atoms with E-state index in [0.29, 0.717) is 10.7 Å². The molecule has 1 heterocycles.